The number of imide groups is 1. The van der Waals surface area contributed by atoms with E-state index in [2.05, 4.69) is 0 Å². The number of nitrogens with zero attached hydrogens (tertiary/aromatic N) is 3. The Morgan fingerprint density at radius 1 is 0.926 bits per heavy atom. The highest BCUT2D eigenvalue weighted by atomic mass is 32.2. The second-order valence-electron chi connectivity index (χ2n) is 6.49. The molecule has 1 atom stereocenters. The Bertz CT molecular complexity index is 936. The Labute approximate surface area is 161 Å². The average Bonchev–Trinajstić information content (AvgIpc) is 3.31. The number of benzene rings is 1. The molecular formula is C18H19N3O4S2. The summed E-state index contributed by atoms with van der Waals surface area (Å²) in [7, 11) is -3.48. The Morgan fingerprint density at radius 3 is 2.26 bits per heavy atom. The molecule has 2 aliphatic rings. The van der Waals surface area contributed by atoms with E-state index < -0.39 is 16.1 Å². The van der Waals surface area contributed by atoms with E-state index in [1.165, 1.54) is 20.5 Å². The third kappa shape index (κ3) is 3.31. The summed E-state index contributed by atoms with van der Waals surface area (Å²) in [5, 5.41) is 1.74. The molecule has 0 unspecified atom stereocenters. The number of thiophene rings is 1. The maximum absolute atomic E-state index is 12.8. The Balaban J connectivity index is 1.45. The number of piperazine rings is 1. The fraction of sp³-hybridized carbons (Fsp3) is 0.333. The summed E-state index contributed by atoms with van der Waals surface area (Å²) >= 11 is 1.20. The lowest BCUT2D eigenvalue weighted by molar-refractivity contribution is -0.123. The first-order valence-corrected chi connectivity index (χ1v) is 11.0. The van der Waals surface area contributed by atoms with Gasteiger partial charge >= 0.3 is 0 Å². The van der Waals surface area contributed by atoms with Crippen LogP contribution in [0.25, 0.3) is 0 Å². The quantitative estimate of drug-likeness (QED) is 0.719. The minimum Gasteiger partial charge on any atom is -0.289 e. The third-order valence-electron chi connectivity index (χ3n) is 4.94. The molecule has 0 N–H and O–H groups in total. The molecule has 2 amide bonds. The van der Waals surface area contributed by atoms with E-state index in [-0.39, 0.29) is 18.2 Å². The Kier molecular flexibility index (Phi) is 4.85. The minimum absolute atomic E-state index is 0.130. The van der Waals surface area contributed by atoms with Gasteiger partial charge in [0.05, 0.1) is 18.2 Å². The smallest absolute Gasteiger partial charge is 0.252 e. The van der Waals surface area contributed by atoms with Crippen LogP contribution in [-0.2, 0) is 19.6 Å². The number of hydrogen-bond acceptors (Lipinski definition) is 6. The molecule has 0 radical (unpaired) electrons. The van der Waals surface area contributed by atoms with Crippen LogP contribution in [0.15, 0.2) is 52.1 Å². The third-order valence-corrected chi connectivity index (χ3v) is 8.21. The lowest BCUT2D eigenvalue weighted by Gasteiger charge is -2.36. The van der Waals surface area contributed by atoms with Crippen LogP contribution in [0.1, 0.15) is 6.42 Å². The predicted octanol–water partition coefficient (Wildman–Crippen LogP) is 1.39. The van der Waals surface area contributed by atoms with Crippen molar-refractivity contribution in [3.05, 3.63) is 47.8 Å². The fourth-order valence-corrected chi connectivity index (χ4v) is 6.11. The van der Waals surface area contributed by atoms with Crippen LogP contribution < -0.4 is 4.90 Å². The fourth-order valence-electron chi connectivity index (χ4n) is 3.54. The van der Waals surface area contributed by atoms with Crippen LogP contribution in [0.2, 0.25) is 0 Å². The molecule has 3 heterocycles. The lowest BCUT2D eigenvalue weighted by Crippen LogP contribution is -2.53. The standard InChI is InChI=1S/C18H19N3O4S2/c22-16-13-15(18(23)21(16)14-5-2-1-3-6-14)19-8-10-20(11-9-19)27(24,25)17-7-4-12-26-17/h1-7,12,15H,8-11,13H2/t15-/m0/s1. The molecule has 2 saturated heterocycles. The van der Waals surface area contributed by atoms with Crippen LogP contribution in [0.5, 0.6) is 0 Å². The number of anilines is 1. The van der Waals surface area contributed by atoms with Crippen molar-refractivity contribution < 1.29 is 18.0 Å². The van der Waals surface area contributed by atoms with E-state index in [4.69, 9.17) is 0 Å². The zero-order chi connectivity index (χ0) is 19.0. The molecule has 0 bridgehead atoms. The average molecular weight is 406 g/mol. The number of hydrogen-bond donors (Lipinski definition) is 0. The van der Waals surface area contributed by atoms with Crippen LogP contribution in [0.3, 0.4) is 0 Å². The van der Waals surface area contributed by atoms with E-state index in [9.17, 15) is 18.0 Å². The summed E-state index contributed by atoms with van der Waals surface area (Å²) in [6.45, 7) is 1.47. The first-order chi connectivity index (χ1) is 13.0. The topological polar surface area (TPSA) is 78.0 Å². The van der Waals surface area contributed by atoms with Gasteiger partial charge in [-0.1, -0.05) is 24.3 Å². The highest BCUT2D eigenvalue weighted by molar-refractivity contribution is 7.91. The molecule has 7 nitrogen and oxygen atoms in total. The summed E-state index contributed by atoms with van der Waals surface area (Å²) in [5.41, 5.74) is 0.578. The van der Waals surface area contributed by atoms with Gasteiger partial charge in [-0.15, -0.1) is 11.3 Å². The van der Waals surface area contributed by atoms with Crippen LogP contribution >= 0.6 is 11.3 Å². The summed E-state index contributed by atoms with van der Waals surface area (Å²) < 4.78 is 27.0. The SMILES string of the molecule is O=C1C[C@H](N2CCN(S(=O)(=O)c3cccs3)CC2)C(=O)N1c1ccccc1. The summed E-state index contributed by atoms with van der Waals surface area (Å²) in [6.07, 6.45) is 0.130. The lowest BCUT2D eigenvalue weighted by atomic mass is 10.2. The number of sulfonamides is 1. The molecule has 0 aliphatic carbocycles. The van der Waals surface area contributed by atoms with Crippen molar-refractivity contribution >= 4 is 38.9 Å². The first kappa shape index (κ1) is 18.3. The van der Waals surface area contributed by atoms with Crippen molar-refractivity contribution in [3.63, 3.8) is 0 Å². The molecule has 1 aromatic heterocycles. The van der Waals surface area contributed by atoms with Crippen molar-refractivity contribution in [2.24, 2.45) is 0 Å². The van der Waals surface area contributed by atoms with Gasteiger partial charge in [0.25, 0.3) is 15.9 Å². The molecule has 9 heteroatoms. The molecule has 142 valence electrons. The van der Waals surface area contributed by atoms with Crippen molar-refractivity contribution in [1.29, 1.82) is 0 Å². The van der Waals surface area contributed by atoms with E-state index >= 15 is 0 Å². The van der Waals surface area contributed by atoms with Gasteiger partial charge in [-0.2, -0.15) is 4.31 Å². The molecule has 2 fully saturated rings. The highest BCUT2D eigenvalue weighted by Crippen LogP contribution is 2.27. The molecule has 27 heavy (non-hydrogen) atoms. The van der Waals surface area contributed by atoms with Crippen LogP contribution in [0.4, 0.5) is 5.69 Å². The predicted molar refractivity (Wildman–Crippen MR) is 102 cm³/mol. The van der Waals surface area contributed by atoms with Gasteiger partial charge in [-0.05, 0) is 23.6 Å². The van der Waals surface area contributed by atoms with E-state index in [0.717, 1.165) is 0 Å². The zero-order valence-electron chi connectivity index (χ0n) is 14.5. The molecule has 1 aromatic carbocycles. The molecule has 2 aliphatic heterocycles. The number of rotatable bonds is 4. The maximum Gasteiger partial charge on any atom is 0.252 e. The molecule has 0 spiro atoms. The highest BCUT2D eigenvalue weighted by Gasteiger charge is 2.44. The first-order valence-electron chi connectivity index (χ1n) is 8.68. The monoisotopic (exact) mass is 405 g/mol. The Morgan fingerprint density at radius 2 is 1.63 bits per heavy atom. The maximum atomic E-state index is 12.8. The van der Waals surface area contributed by atoms with Gasteiger partial charge in [0.15, 0.2) is 0 Å². The normalized spacial score (nSPS) is 22.5. The zero-order valence-corrected chi connectivity index (χ0v) is 16.2. The second-order valence-corrected chi connectivity index (χ2v) is 9.61. The minimum atomic E-state index is -3.48. The molecule has 4 rings (SSSR count). The van der Waals surface area contributed by atoms with Crippen molar-refractivity contribution in [2.45, 2.75) is 16.7 Å². The van der Waals surface area contributed by atoms with Gasteiger partial charge in [0.1, 0.15) is 4.21 Å². The van der Waals surface area contributed by atoms with Gasteiger partial charge in [-0.3, -0.25) is 14.5 Å². The van der Waals surface area contributed by atoms with E-state index in [1.807, 2.05) is 11.0 Å². The number of carbonyl (C=O) groups excluding carboxylic acids is 2. The van der Waals surface area contributed by atoms with Crippen LogP contribution in [-0.4, -0.2) is 61.7 Å². The van der Waals surface area contributed by atoms with E-state index in [1.54, 1.807) is 41.8 Å². The van der Waals surface area contributed by atoms with Crippen molar-refractivity contribution in [2.75, 3.05) is 31.1 Å². The van der Waals surface area contributed by atoms with Crippen molar-refractivity contribution in [3.8, 4) is 0 Å². The summed E-state index contributed by atoms with van der Waals surface area (Å²) in [5.74, 6) is -0.453. The summed E-state index contributed by atoms with van der Waals surface area (Å²) in [4.78, 5) is 28.4. The molecule has 0 saturated carbocycles. The Hall–Kier alpha value is -2.07. The van der Waals surface area contributed by atoms with Gasteiger partial charge in [-0.25, -0.2) is 13.3 Å². The molecule has 2 aromatic rings. The van der Waals surface area contributed by atoms with Gasteiger partial charge < -0.3 is 0 Å². The van der Waals surface area contributed by atoms with Gasteiger partial charge in [0, 0.05) is 26.2 Å². The largest absolute Gasteiger partial charge is 0.289 e. The number of amides is 2. The molecular weight excluding hydrogens is 386 g/mol. The van der Waals surface area contributed by atoms with E-state index in [0.29, 0.717) is 36.1 Å². The van der Waals surface area contributed by atoms with Crippen molar-refractivity contribution in [1.82, 2.24) is 9.21 Å². The number of carbonyl (C=O) groups is 2. The summed E-state index contributed by atoms with van der Waals surface area (Å²) in [6, 6.07) is 11.7. The van der Waals surface area contributed by atoms with Gasteiger partial charge in [0.2, 0.25) is 5.91 Å². The van der Waals surface area contributed by atoms with Crippen LogP contribution in [0, 0.1) is 0 Å². The number of para-hydroxylation sites is 1. The second kappa shape index (κ2) is 7.16.